The number of fused-ring (bicyclic) bond motifs is 1. The van der Waals surface area contributed by atoms with Crippen LogP contribution in [-0.2, 0) is 11.2 Å². The van der Waals surface area contributed by atoms with E-state index in [0.717, 1.165) is 36.1 Å². The number of hydrogen-bond donors (Lipinski definition) is 0. The first-order valence-corrected chi connectivity index (χ1v) is 11.9. The molecule has 7 heteroatoms. The van der Waals surface area contributed by atoms with Crippen molar-refractivity contribution >= 4 is 5.91 Å². The van der Waals surface area contributed by atoms with Crippen LogP contribution in [-0.4, -0.2) is 40.9 Å². The first kappa shape index (κ1) is 21.4. The van der Waals surface area contributed by atoms with Crippen molar-refractivity contribution in [1.82, 2.24) is 15.1 Å². The van der Waals surface area contributed by atoms with E-state index in [9.17, 15) is 4.79 Å². The summed E-state index contributed by atoms with van der Waals surface area (Å²) in [5.74, 6) is 2.56. The fraction of sp³-hybridized carbons (Fsp3) is 0.250. The van der Waals surface area contributed by atoms with Gasteiger partial charge in [0.15, 0.2) is 11.5 Å². The Balaban J connectivity index is 1.11. The third-order valence-corrected chi connectivity index (χ3v) is 6.60. The van der Waals surface area contributed by atoms with Crippen molar-refractivity contribution in [3.05, 3.63) is 84.3 Å². The minimum atomic E-state index is 0.0309. The molecule has 176 valence electrons. The molecule has 3 heterocycles. The Morgan fingerprint density at radius 2 is 1.66 bits per heavy atom. The van der Waals surface area contributed by atoms with Gasteiger partial charge in [0.1, 0.15) is 0 Å². The van der Waals surface area contributed by atoms with Crippen LogP contribution in [0.5, 0.6) is 11.5 Å². The molecule has 0 saturated carbocycles. The van der Waals surface area contributed by atoms with Crippen molar-refractivity contribution in [3.8, 4) is 34.1 Å². The number of hydrogen-bond acceptors (Lipinski definition) is 6. The lowest BCUT2D eigenvalue weighted by Crippen LogP contribution is -2.40. The van der Waals surface area contributed by atoms with Gasteiger partial charge in [-0.15, -0.1) is 10.2 Å². The molecule has 1 saturated heterocycles. The first-order chi connectivity index (χ1) is 17.2. The smallest absolute Gasteiger partial charge is 0.247 e. The molecule has 0 aliphatic carbocycles. The third kappa shape index (κ3) is 4.49. The number of rotatable bonds is 5. The molecule has 4 aromatic rings. The van der Waals surface area contributed by atoms with E-state index in [1.165, 1.54) is 5.56 Å². The lowest BCUT2D eigenvalue weighted by atomic mass is 9.97. The summed E-state index contributed by atoms with van der Waals surface area (Å²) < 4.78 is 16.8. The van der Waals surface area contributed by atoms with Gasteiger partial charge in [0.05, 0.1) is 12.3 Å². The number of ether oxygens (including phenoxy) is 2. The van der Waals surface area contributed by atoms with Crippen LogP contribution in [0.25, 0.3) is 22.6 Å². The van der Waals surface area contributed by atoms with Gasteiger partial charge >= 0.3 is 0 Å². The van der Waals surface area contributed by atoms with E-state index < -0.39 is 0 Å². The molecule has 0 spiro atoms. The van der Waals surface area contributed by atoms with Gasteiger partial charge in [0.25, 0.3) is 0 Å². The van der Waals surface area contributed by atoms with Crippen LogP contribution in [0.1, 0.15) is 30.2 Å². The summed E-state index contributed by atoms with van der Waals surface area (Å²) in [5.41, 5.74) is 4.12. The zero-order chi connectivity index (χ0) is 23.6. The maximum absolute atomic E-state index is 13.1. The fourth-order valence-corrected chi connectivity index (χ4v) is 4.68. The molecule has 35 heavy (non-hydrogen) atoms. The zero-order valence-corrected chi connectivity index (χ0v) is 19.2. The Bertz CT molecular complexity index is 1330. The van der Waals surface area contributed by atoms with E-state index in [2.05, 4.69) is 34.5 Å². The van der Waals surface area contributed by atoms with E-state index in [1.807, 2.05) is 53.4 Å². The van der Waals surface area contributed by atoms with Gasteiger partial charge in [-0.3, -0.25) is 4.79 Å². The van der Waals surface area contributed by atoms with Gasteiger partial charge in [-0.1, -0.05) is 54.6 Å². The normalized spacial score (nSPS) is 16.9. The van der Waals surface area contributed by atoms with Crippen LogP contribution in [0.2, 0.25) is 0 Å². The first-order valence-electron chi connectivity index (χ1n) is 11.9. The number of likely N-dealkylation sites (tertiary alicyclic amines) is 1. The van der Waals surface area contributed by atoms with E-state index in [0.29, 0.717) is 36.2 Å². The third-order valence-electron chi connectivity index (χ3n) is 6.60. The van der Waals surface area contributed by atoms with Crippen molar-refractivity contribution in [3.63, 3.8) is 0 Å². The number of carbonyl (C=O) groups is 1. The molecule has 1 aromatic heterocycles. The molecule has 2 aliphatic rings. The van der Waals surface area contributed by atoms with Crippen LogP contribution in [0.4, 0.5) is 0 Å². The molecule has 2 aliphatic heterocycles. The van der Waals surface area contributed by atoms with Gasteiger partial charge in [-0.25, -0.2) is 0 Å². The van der Waals surface area contributed by atoms with Gasteiger partial charge in [-0.2, -0.15) is 0 Å². The van der Waals surface area contributed by atoms with E-state index in [4.69, 9.17) is 13.9 Å². The molecule has 1 amide bonds. The van der Waals surface area contributed by atoms with Crippen LogP contribution in [0.15, 0.2) is 77.2 Å². The lowest BCUT2D eigenvalue weighted by Gasteiger charge is -2.31. The molecular weight excluding hydrogens is 442 g/mol. The lowest BCUT2D eigenvalue weighted by molar-refractivity contribution is -0.131. The maximum atomic E-state index is 13.1. The highest BCUT2D eigenvalue weighted by Crippen LogP contribution is 2.36. The second-order valence-electron chi connectivity index (χ2n) is 8.93. The Morgan fingerprint density at radius 1 is 0.886 bits per heavy atom. The van der Waals surface area contributed by atoms with Gasteiger partial charge in [0, 0.05) is 18.7 Å². The molecule has 3 aromatic carbocycles. The Kier molecular flexibility index (Phi) is 5.66. The minimum Gasteiger partial charge on any atom is -0.454 e. The van der Waals surface area contributed by atoms with Crippen molar-refractivity contribution < 1.29 is 18.7 Å². The molecule has 0 radical (unpaired) electrons. The summed E-state index contributed by atoms with van der Waals surface area (Å²) in [7, 11) is 0. The summed E-state index contributed by atoms with van der Waals surface area (Å²) in [4.78, 5) is 15.0. The second-order valence-corrected chi connectivity index (χ2v) is 8.93. The number of carbonyl (C=O) groups excluding carboxylic acids is 1. The minimum absolute atomic E-state index is 0.0309. The zero-order valence-electron chi connectivity index (χ0n) is 19.2. The summed E-state index contributed by atoms with van der Waals surface area (Å²) >= 11 is 0. The van der Waals surface area contributed by atoms with Crippen molar-refractivity contribution in [2.45, 2.75) is 25.2 Å². The number of piperidine rings is 1. The van der Waals surface area contributed by atoms with Crippen molar-refractivity contribution in [2.75, 3.05) is 19.9 Å². The second kappa shape index (κ2) is 9.25. The molecule has 0 N–H and O–H groups in total. The summed E-state index contributed by atoms with van der Waals surface area (Å²) in [6, 6.07) is 24.0. The van der Waals surface area contributed by atoms with Crippen LogP contribution >= 0.6 is 0 Å². The van der Waals surface area contributed by atoms with Gasteiger partial charge in [0.2, 0.25) is 24.5 Å². The molecule has 1 fully saturated rings. The Hall–Kier alpha value is -4.13. The molecule has 1 atom stereocenters. The Labute approximate surface area is 203 Å². The molecular formula is C28H25N3O4. The van der Waals surface area contributed by atoms with Gasteiger partial charge in [-0.05, 0) is 47.7 Å². The highest BCUT2D eigenvalue weighted by molar-refractivity contribution is 5.79. The number of amides is 1. The summed E-state index contributed by atoms with van der Waals surface area (Å²) in [6.07, 6.45) is 2.21. The van der Waals surface area contributed by atoms with E-state index >= 15 is 0 Å². The summed E-state index contributed by atoms with van der Waals surface area (Å²) in [6.45, 7) is 1.56. The number of benzene rings is 3. The largest absolute Gasteiger partial charge is 0.454 e. The molecule has 7 nitrogen and oxygen atoms in total. The van der Waals surface area contributed by atoms with Crippen LogP contribution in [0.3, 0.4) is 0 Å². The highest BCUT2D eigenvalue weighted by Gasteiger charge is 2.29. The average molecular weight is 468 g/mol. The topological polar surface area (TPSA) is 77.7 Å². The SMILES string of the molecule is O=C(Cc1ccc(-c2ccccc2)cc1)N1CCCC(c2nnc(-c3ccc4c(c3)OCO4)o2)C1. The Morgan fingerprint density at radius 3 is 2.51 bits per heavy atom. The fourth-order valence-electron chi connectivity index (χ4n) is 4.68. The van der Waals surface area contributed by atoms with Crippen molar-refractivity contribution in [1.29, 1.82) is 0 Å². The van der Waals surface area contributed by atoms with Crippen molar-refractivity contribution in [2.24, 2.45) is 0 Å². The standard InChI is InChI=1S/C28H25N3O4/c32-26(15-19-8-10-21(11-9-19)20-5-2-1-3-6-20)31-14-4-7-23(17-31)28-30-29-27(35-28)22-12-13-24-25(16-22)34-18-33-24/h1-3,5-6,8-13,16,23H,4,7,14-15,17-18H2. The number of aromatic nitrogens is 2. The van der Waals surface area contributed by atoms with E-state index in [1.54, 1.807) is 0 Å². The molecule has 6 rings (SSSR count). The predicted octanol–water partition coefficient (Wildman–Crippen LogP) is 5.08. The average Bonchev–Trinajstić information content (AvgIpc) is 3.59. The van der Waals surface area contributed by atoms with Crippen LogP contribution in [0, 0.1) is 0 Å². The highest BCUT2D eigenvalue weighted by atomic mass is 16.7. The van der Waals surface area contributed by atoms with Gasteiger partial charge < -0.3 is 18.8 Å². The molecule has 1 unspecified atom stereocenters. The number of nitrogens with zero attached hydrogens (tertiary/aromatic N) is 3. The van der Waals surface area contributed by atoms with E-state index in [-0.39, 0.29) is 18.6 Å². The van der Waals surface area contributed by atoms with Crippen LogP contribution < -0.4 is 9.47 Å². The quantitative estimate of drug-likeness (QED) is 0.407. The maximum Gasteiger partial charge on any atom is 0.247 e. The monoisotopic (exact) mass is 467 g/mol. The molecule has 0 bridgehead atoms. The summed E-state index contributed by atoms with van der Waals surface area (Å²) in [5, 5.41) is 8.54. The predicted molar refractivity (Wildman–Crippen MR) is 130 cm³/mol.